The number of carbonyl (C=O) groups excluding carboxylic acids is 1. The number of aryl methyl sites for hydroxylation is 1. The lowest BCUT2D eigenvalue weighted by Crippen LogP contribution is -2.44. The average molecular weight is 316 g/mol. The summed E-state index contributed by atoms with van der Waals surface area (Å²) in [5.74, 6) is 1.87. The Morgan fingerprint density at radius 3 is 2.78 bits per heavy atom. The highest BCUT2D eigenvalue weighted by Gasteiger charge is 2.24. The topological polar surface area (TPSA) is 75.4 Å². The van der Waals surface area contributed by atoms with Gasteiger partial charge in [0.05, 0.1) is 0 Å². The van der Waals surface area contributed by atoms with Crippen LogP contribution in [0.3, 0.4) is 0 Å². The van der Waals surface area contributed by atoms with Crippen LogP contribution in [-0.4, -0.2) is 49.5 Å². The molecule has 7 nitrogen and oxygen atoms in total. The van der Waals surface area contributed by atoms with Gasteiger partial charge in [-0.2, -0.15) is 14.6 Å². The summed E-state index contributed by atoms with van der Waals surface area (Å²) in [5.41, 5.74) is 1.00. The number of likely N-dealkylation sites (tertiary alicyclic amines) is 1. The van der Waals surface area contributed by atoms with Gasteiger partial charge in [0, 0.05) is 36.8 Å². The number of hydrogen-bond donors (Lipinski definition) is 1. The van der Waals surface area contributed by atoms with Crippen LogP contribution >= 0.6 is 0 Å². The van der Waals surface area contributed by atoms with Crippen molar-refractivity contribution in [3.05, 3.63) is 18.1 Å². The highest BCUT2D eigenvalue weighted by Crippen LogP contribution is 2.19. The summed E-state index contributed by atoms with van der Waals surface area (Å²) in [7, 11) is 0. The molecule has 1 aliphatic rings. The number of aromatic nitrogens is 4. The molecule has 7 heteroatoms. The van der Waals surface area contributed by atoms with Crippen LogP contribution in [0.5, 0.6) is 0 Å². The molecule has 124 valence electrons. The second-order valence-electron chi connectivity index (χ2n) is 6.36. The van der Waals surface area contributed by atoms with Gasteiger partial charge in [-0.25, -0.2) is 4.98 Å². The minimum Gasteiger partial charge on any atom is -0.367 e. The molecular formula is C16H24N6O. The number of piperidine rings is 1. The summed E-state index contributed by atoms with van der Waals surface area (Å²) in [6.07, 6.45) is 4.27. The number of carbonyl (C=O) groups is 1. The number of rotatable bonds is 4. The summed E-state index contributed by atoms with van der Waals surface area (Å²) < 4.78 is 1.74. The molecule has 0 spiro atoms. The number of nitrogens with one attached hydrogen (secondary N) is 1. The summed E-state index contributed by atoms with van der Waals surface area (Å²) in [6.45, 7) is 7.60. The van der Waals surface area contributed by atoms with Crippen molar-refractivity contribution >= 4 is 17.5 Å². The standard InChI is InChI=1S/C16H24N6O/c1-4-12-9-14(22-16(20-12)17-10-18-22)19-13-5-7-21(8-6-13)15(23)11(2)3/h9-11,13,19H,4-8H2,1-3H3. The number of anilines is 1. The smallest absolute Gasteiger partial charge is 0.254 e. The summed E-state index contributed by atoms with van der Waals surface area (Å²) in [5, 5.41) is 7.80. The average Bonchev–Trinajstić information content (AvgIpc) is 3.03. The van der Waals surface area contributed by atoms with Crippen LogP contribution in [0.1, 0.15) is 39.3 Å². The van der Waals surface area contributed by atoms with Gasteiger partial charge in [0.15, 0.2) is 0 Å². The van der Waals surface area contributed by atoms with Gasteiger partial charge in [-0.15, -0.1) is 0 Å². The number of hydrogen-bond acceptors (Lipinski definition) is 5. The van der Waals surface area contributed by atoms with Crippen LogP contribution in [0.15, 0.2) is 12.4 Å². The van der Waals surface area contributed by atoms with Crippen molar-refractivity contribution in [1.29, 1.82) is 0 Å². The van der Waals surface area contributed by atoms with Crippen LogP contribution in [-0.2, 0) is 11.2 Å². The molecule has 23 heavy (non-hydrogen) atoms. The predicted octanol–water partition coefficient (Wildman–Crippen LogP) is 1.75. The van der Waals surface area contributed by atoms with Crippen LogP contribution in [0.2, 0.25) is 0 Å². The number of amides is 1. The fourth-order valence-electron chi connectivity index (χ4n) is 2.96. The van der Waals surface area contributed by atoms with Gasteiger partial charge in [-0.05, 0) is 19.3 Å². The van der Waals surface area contributed by atoms with E-state index in [1.54, 1.807) is 4.52 Å². The van der Waals surface area contributed by atoms with Gasteiger partial charge < -0.3 is 10.2 Å². The van der Waals surface area contributed by atoms with E-state index in [0.29, 0.717) is 11.8 Å². The molecule has 1 saturated heterocycles. The second kappa shape index (κ2) is 6.52. The monoisotopic (exact) mass is 316 g/mol. The maximum absolute atomic E-state index is 12.1. The Bertz CT molecular complexity index is 687. The Kier molecular flexibility index (Phi) is 4.45. The first-order chi connectivity index (χ1) is 11.1. The van der Waals surface area contributed by atoms with Crippen molar-refractivity contribution in [2.75, 3.05) is 18.4 Å². The zero-order chi connectivity index (χ0) is 16.4. The van der Waals surface area contributed by atoms with Crippen LogP contribution in [0.25, 0.3) is 5.78 Å². The lowest BCUT2D eigenvalue weighted by atomic mass is 10.0. The van der Waals surface area contributed by atoms with Crippen LogP contribution in [0, 0.1) is 5.92 Å². The third-order valence-corrected chi connectivity index (χ3v) is 4.32. The molecular weight excluding hydrogens is 292 g/mol. The quantitative estimate of drug-likeness (QED) is 0.930. The Morgan fingerprint density at radius 2 is 2.13 bits per heavy atom. The Labute approximate surface area is 136 Å². The lowest BCUT2D eigenvalue weighted by Gasteiger charge is -2.33. The highest BCUT2D eigenvalue weighted by atomic mass is 16.2. The SMILES string of the molecule is CCc1cc(NC2CCN(C(=O)C(C)C)CC2)n2ncnc2n1. The molecule has 0 radical (unpaired) electrons. The number of nitrogens with zero attached hydrogens (tertiary/aromatic N) is 5. The molecule has 1 N–H and O–H groups in total. The summed E-state index contributed by atoms with van der Waals surface area (Å²) in [4.78, 5) is 22.7. The van der Waals surface area contributed by atoms with Gasteiger partial charge in [0.1, 0.15) is 12.1 Å². The molecule has 0 aliphatic carbocycles. The van der Waals surface area contributed by atoms with Crippen molar-refractivity contribution < 1.29 is 4.79 Å². The molecule has 0 saturated carbocycles. The first kappa shape index (κ1) is 15.7. The molecule has 1 fully saturated rings. The normalized spacial score (nSPS) is 16.3. The van der Waals surface area contributed by atoms with Crippen molar-refractivity contribution in [1.82, 2.24) is 24.5 Å². The Morgan fingerprint density at radius 1 is 1.39 bits per heavy atom. The van der Waals surface area contributed by atoms with Crippen molar-refractivity contribution in [2.24, 2.45) is 5.92 Å². The van der Waals surface area contributed by atoms with Crippen LogP contribution in [0.4, 0.5) is 5.82 Å². The third-order valence-electron chi connectivity index (χ3n) is 4.32. The third kappa shape index (κ3) is 3.28. The number of fused-ring (bicyclic) bond motifs is 1. The molecule has 1 aliphatic heterocycles. The van der Waals surface area contributed by atoms with E-state index in [1.165, 1.54) is 6.33 Å². The predicted molar refractivity (Wildman–Crippen MR) is 88.2 cm³/mol. The van der Waals surface area contributed by atoms with E-state index in [9.17, 15) is 4.79 Å². The van der Waals surface area contributed by atoms with Gasteiger partial charge in [-0.3, -0.25) is 4.79 Å². The van der Waals surface area contributed by atoms with Crippen molar-refractivity contribution in [2.45, 2.75) is 46.1 Å². The molecule has 0 atom stereocenters. The van der Waals surface area contributed by atoms with E-state index >= 15 is 0 Å². The lowest BCUT2D eigenvalue weighted by molar-refractivity contribution is -0.135. The van der Waals surface area contributed by atoms with E-state index in [0.717, 1.165) is 43.9 Å². The zero-order valence-corrected chi connectivity index (χ0v) is 14.0. The van der Waals surface area contributed by atoms with Gasteiger partial charge in [0.2, 0.25) is 5.91 Å². The fourth-order valence-corrected chi connectivity index (χ4v) is 2.96. The van der Waals surface area contributed by atoms with Crippen molar-refractivity contribution in [3.8, 4) is 0 Å². The van der Waals surface area contributed by atoms with E-state index in [2.05, 4.69) is 27.3 Å². The summed E-state index contributed by atoms with van der Waals surface area (Å²) in [6, 6.07) is 2.37. The minimum atomic E-state index is 0.0709. The molecule has 0 unspecified atom stereocenters. The minimum absolute atomic E-state index is 0.0709. The Balaban J connectivity index is 1.69. The van der Waals surface area contributed by atoms with E-state index in [4.69, 9.17) is 0 Å². The van der Waals surface area contributed by atoms with E-state index in [-0.39, 0.29) is 11.8 Å². The van der Waals surface area contributed by atoms with Crippen molar-refractivity contribution in [3.63, 3.8) is 0 Å². The van der Waals surface area contributed by atoms with Gasteiger partial charge in [-0.1, -0.05) is 20.8 Å². The van der Waals surface area contributed by atoms with Gasteiger partial charge >= 0.3 is 0 Å². The molecule has 3 rings (SSSR count). The second-order valence-corrected chi connectivity index (χ2v) is 6.36. The maximum atomic E-state index is 12.1. The van der Waals surface area contributed by atoms with Crippen LogP contribution < -0.4 is 5.32 Å². The fraction of sp³-hybridized carbons (Fsp3) is 0.625. The molecule has 1 amide bonds. The molecule has 0 aromatic carbocycles. The molecule has 0 bridgehead atoms. The largest absolute Gasteiger partial charge is 0.367 e. The first-order valence-corrected chi connectivity index (χ1v) is 8.33. The maximum Gasteiger partial charge on any atom is 0.254 e. The molecule has 2 aromatic heterocycles. The summed E-state index contributed by atoms with van der Waals surface area (Å²) >= 11 is 0. The first-order valence-electron chi connectivity index (χ1n) is 8.33. The van der Waals surface area contributed by atoms with E-state index < -0.39 is 0 Å². The Hall–Kier alpha value is -2.18. The molecule has 3 heterocycles. The van der Waals surface area contributed by atoms with Gasteiger partial charge in [0.25, 0.3) is 5.78 Å². The highest BCUT2D eigenvalue weighted by molar-refractivity contribution is 5.78. The van der Waals surface area contributed by atoms with E-state index in [1.807, 2.05) is 24.8 Å². The molecule has 2 aromatic rings. The zero-order valence-electron chi connectivity index (χ0n) is 14.0.